The third kappa shape index (κ3) is 2.12. The molecule has 1 aliphatic heterocycles. The molecule has 2 heterocycles. The molecular formula is C21H24ClFN2O. The monoisotopic (exact) mass is 374 g/mol. The molecule has 2 aliphatic rings. The molecule has 138 valence electrons. The smallest absolute Gasteiger partial charge is 0.133 e. The van der Waals surface area contributed by atoms with E-state index in [2.05, 4.69) is 17.2 Å². The predicted octanol–water partition coefficient (Wildman–Crippen LogP) is 5.23. The average molecular weight is 375 g/mol. The molecule has 2 atom stereocenters. The van der Waals surface area contributed by atoms with Crippen LogP contribution in [0.25, 0.3) is 11.1 Å². The largest absolute Gasteiger partial charge is 0.387 e. The molecule has 2 aromatic rings. The molecule has 0 saturated heterocycles. The molecule has 1 aromatic carbocycles. The lowest BCUT2D eigenvalue weighted by atomic mass is 9.60. The van der Waals surface area contributed by atoms with Crippen molar-refractivity contribution in [2.75, 3.05) is 5.32 Å². The van der Waals surface area contributed by atoms with E-state index in [0.29, 0.717) is 10.7 Å². The highest BCUT2D eigenvalue weighted by molar-refractivity contribution is 6.30. The first-order valence-electron chi connectivity index (χ1n) is 9.07. The second kappa shape index (κ2) is 5.43. The SMILES string of the molecule is Cc1c(-c2cc3c(cc2F)NC(C)(C)C2(O)CCCC32C)ccnc1Cl. The van der Waals surface area contributed by atoms with Crippen molar-refractivity contribution in [3.63, 3.8) is 0 Å². The van der Waals surface area contributed by atoms with Gasteiger partial charge in [0.05, 0.1) is 11.1 Å². The molecule has 4 rings (SSSR count). The lowest BCUT2D eigenvalue weighted by Crippen LogP contribution is -2.65. The molecule has 5 heteroatoms. The van der Waals surface area contributed by atoms with E-state index in [1.54, 1.807) is 18.3 Å². The van der Waals surface area contributed by atoms with Crippen LogP contribution < -0.4 is 5.32 Å². The van der Waals surface area contributed by atoms with E-state index >= 15 is 4.39 Å². The number of anilines is 1. The molecule has 1 aliphatic carbocycles. The lowest BCUT2D eigenvalue weighted by molar-refractivity contribution is -0.0628. The Morgan fingerprint density at radius 3 is 2.65 bits per heavy atom. The summed E-state index contributed by atoms with van der Waals surface area (Å²) in [5, 5.41) is 15.4. The third-order valence-electron chi connectivity index (χ3n) is 6.74. The molecular weight excluding hydrogens is 351 g/mol. The van der Waals surface area contributed by atoms with Gasteiger partial charge in [0, 0.05) is 22.9 Å². The van der Waals surface area contributed by atoms with Gasteiger partial charge >= 0.3 is 0 Å². The minimum Gasteiger partial charge on any atom is -0.387 e. The molecule has 1 saturated carbocycles. The zero-order valence-corrected chi connectivity index (χ0v) is 16.3. The maximum absolute atomic E-state index is 15.0. The van der Waals surface area contributed by atoms with Gasteiger partial charge in [-0.1, -0.05) is 18.5 Å². The zero-order chi connectivity index (χ0) is 18.9. The van der Waals surface area contributed by atoms with Crippen molar-refractivity contribution < 1.29 is 9.50 Å². The van der Waals surface area contributed by atoms with Crippen LogP contribution in [0.4, 0.5) is 10.1 Å². The highest BCUT2D eigenvalue weighted by Gasteiger charge is 2.62. The van der Waals surface area contributed by atoms with E-state index in [1.807, 2.05) is 26.8 Å². The normalized spacial score (nSPS) is 29.0. The molecule has 0 bridgehead atoms. The summed E-state index contributed by atoms with van der Waals surface area (Å²) in [7, 11) is 0. The summed E-state index contributed by atoms with van der Waals surface area (Å²) in [6, 6.07) is 5.24. The van der Waals surface area contributed by atoms with Crippen LogP contribution in [0.2, 0.25) is 5.15 Å². The van der Waals surface area contributed by atoms with Gasteiger partial charge in [0.15, 0.2) is 0 Å². The summed E-state index contributed by atoms with van der Waals surface area (Å²) >= 11 is 6.15. The minimum absolute atomic E-state index is 0.301. The van der Waals surface area contributed by atoms with Crippen molar-refractivity contribution in [3.8, 4) is 11.1 Å². The number of aromatic nitrogens is 1. The van der Waals surface area contributed by atoms with Crippen molar-refractivity contribution in [2.24, 2.45) is 0 Å². The van der Waals surface area contributed by atoms with Gasteiger partial charge in [-0.3, -0.25) is 0 Å². The second-order valence-electron chi connectivity index (χ2n) is 8.45. The number of fused-ring (bicyclic) bond motifs is 3. The van der Waals surface area contributed by atoms with E-state index in [4.69, 9.17) is 11.6 Å². The summed E-state index contributed by atoms with van der Waals surface area (Å²) in [5.41, 5.74) is 1.89. The maximum Gasteiger partial charge on any atom is 0.133 e. The Morgan fingerprint density at radius 1 is 1.19 bits per heavy atom. The van der Waals surface area contributed by atoms with Crippen LogP contribution in [-0.4, -0.2) is 21.2 Å². The standard InChI is InChI=1S/C21H24ClFN2O/c1-12-13(6-9-24-18(12)22)14-10-15-17(11-16(14)23)25-19(2,3)21(26)8-5-7-20(15,21)4/h6,9-11,25-26H,5,7-8H2,1-4H3. The van der Waals surface area contributed by atoms with E-state index in [-0.39, 0.29) is 5.82 Å². The topological polar surface area (TPSA) is 45.1 Å². The first-order chi connectivity index (χ1) is 12.1. The molecule has 1 aromatic heterocycles. The van der Waals surface area contributed by atoms with Crippen LogP contribution in [0.3, 0.4) is 0 Å². The number of halogens is 2. The fraction of sp³-hybridized carbons (Fsp3) is 0.476. The van der Waals surface area contributed by atoms with Crippen LogP contribution in [0.5, 0.6) is 0 Å². The van der Waals surface area contributed by atoms with Gasteiger partial charge in [0.25, 0.3) is 0 Å². The Kier molecular flexibility index (Phi) is 3.71. The van der Waals surface area contributed by atoms with Crippen LogP contribution in [0.15, 0.2) is 24.4 Å². The second-order valence-corrected chi connectivity index (χ2v) is 8.81. The average Bonchev–Trinajstić information content (AvgIpc) is 2.88. The number of hydrogen-bond acceptors (Lipinski definition) is 3. The molecule has 2 N–H and O–H groups in total. The molecule has 2 unspecified atom stereocenters. The van der Waals surface area contributed by atoms with Crippen LogP contribution in [0, 0.1) is 12.7 Å². The van der Waals surface area contributed by atoms with Crippen molar-refractivity contribution in [1.29, 1.82) is 0 Å². The van der Waals surface area contributed by atoms with Crippen molar-refractivity contribution in [1.82, 2.24) is 4.98 Å². The summed E-state index contributed by atoms with van der Waals surface area (Å²) in [5.74, 6) is -0.301. The number of benzene rings is 1. The van der Waals surface area contributed by atoms with E-state index in [9.17, 15) is 5.11 Å². The van der Waals surface area contributed by atoms with Crippen LogP contribution in [0.1, 0.15) is 51.2 Å². The summed E-state index contributed by atoms with van der Waals surface area (Å²) in [6.07, 6.45) is 4.15. The maximum atomic E-state index is 15.0. The Labute approximate surface area is 158 Å². The van der Waals surface area contributed by atoms with Gasteiger partial charge in [-0.05, 0) is 74.9 Å². The van der Waals surface area contributed by atoms with Crippen LogP contribution >= 0.6 is 11.6 Å². The number of hydrogen-bond donors (Lipinski definition) is 2. The number of nitrogens with zero attached hydrogens (tertiary/aromatic N) is 1. The Bertz CT molecular complexity index is 913. The summed E-state index contributed by atoms with van der Waals surface area (Å²) < 4.78 is 15.0. The zero-order valence-electron chi connectivity index (χ0n) is 15.6. The predicted molar refractivity (Wildman–Crippen MR) is 103 cm³/mol. The molecule has 26 heavy (non-hydrogen) atoms. The quantitative estimate of drug-likeness (QED) is 0.672. The van der Waals surface area contributed by atoms with Crippen molar-refractivity contribution in [3.05, 3.63) is 46.5 Å². The lowest BCUT2D eigenvalue weighted by Gasteiger charge is -2.55. The fourth-order valence-electron chi connectivity index (χ4n) is 5.12. The van der Waals surface area contributed by atoms with E-state index in [0.717, 1.165) is 41.6 Å². The van der Waals surface area contributed by atoms with Crippen molar-refractivity contribution >= 4 is 17.3 Å². The van der Waals surface area contributed by atoms with Crippen molar-refractivity contribution in [2.45, 2.75) is 63.5 Å². The molecule has 3 nitrogen and oxygen atoms in total. The van der Waals surface area contributed by atoms with Gasteiger partial charge in [0.1, 0.15) is 11.0 Å². The van der Waals surface area contributed by atoms with Gasteiger partial charge in [0.2, 0.25) is 0 Å². The number of rotatable bonds is 1. The number of pyridine rings is 1. The molecule has 0 spiro atoms. The summed E-state index contributed by atoms with van der Waals surface area (Å²) in [6.45, 7) is 7.95. The van der Waals surface area contributed by atoms with Gasteiger partial charge in [-0.25, -0.2) is 9.37 Å². The van der Waals surface area contributed by atoms with Gasteiger partial charge < -0.3 is 10.4 Å². The third-order valence-corrected chi connectivity index (χ3v) is 7.12. The molecule has 0 amide bonds. The number of nitrogens with one attached hydrogen (secondary N) is 1. The van der Waals surface area contributed by atoms with Crippen LogP contribution in [-0.2, 0) is 5.41 Å². The van der Waals surface area contributed by atoms with E-state index in [1.165, 1.54) is 0 Å². The highest BCUT2D eigenvalue weighted by Crippen LogP contribution is 2.59. The Morgan fingerprint density at radius 2 is 1.92 bits per heavy atom. The Hall–Kier alpha value is -1.65. The van der Waals surface area contributed by atoms with Gasteiger partial charge in [-0.15, -0.1) is 0 Å². The highest BCUT2D eigenvalue weighted by atomic mass is 35.5. The first kappa shape index (κ1) is 17.7. The van der Waals surface area contributed by atoms with E-state index < -0.39 is 16.6 Å². The number of aliphatic hydroxyl groups is 1. The molecule has 1 fully saturated rings. The summed E-state index contributed by atoms with van der Waals surface area (Å²) in [4.78, 5) is 4.07. The minimum atomic E-state index is -0.882. The Balaban J connectivity index is 1.98. The first-order valence-corrected chi connectivity index (χ1v) is 9.45. The van der Waals surface area contributed by atoms with Gasteiger partial charge in [-0.2, -0.15) is 0 Å². The fourth-order valence-corrected chi connectivity index (χ4v) is 5.28. The molecule has 0 radical (unpaired) electrons.